The third-order valence-electron chi connectivity index (χ3n) is 2.40. The molecule has 102 valence electrons. The van der Waals surface area contributed by atoms with Crippen LogP contribution in [0.5, 0.6) is 0 Å². The average Bonchev–Trinajstić information content (AvgIpc) is 2.85. The molecule has 0 saturated carbocycles. The molecule has 1 aromatic carbocycles. The van der Waals surface area contributed by atoms with Gasteiger partial charge in [-0.05, 0) is 17.7 Å². The fourth-order valence-electron chi connectivity index (χ4n) is 1.48. The Morgan fingerprint density at radius 2 is 2.11 bits per heavy atom. The van der Waals surface area contributed by atoms with Crippen molar-refractivity contribution in [1.29, 1.82) is 0 Å². The monoisotopic (exact) mass is 288 g/mol. The van der Waals surface area contributed by atoms with Crippen LogP contribution in [-0.2, 0) is 19.3 Å². The first-order chi connectivity index (χ1) is 8.99. The van der Waals surface area contributed by atoms with Crippen LogP contribution in [0.25, 0.3) is 0 Å². The van der Waals surface area contributed by atoms with Crippen LogP contribution in [0.1, 0.15) is 16.3 Å². The van der Waals surface area contributed by atoms with E-state index in [9.17, 15) is 13.2 Å². The number of nitrogens with one attached hydrogen (secondary N) is 1. The smallest absolute Gasteiger partial charge is 0.392 e. The third kappa shape index (κ3) is 3.68. The van der Waals surface area contributed by atoms with E-state index >= 15 is 0 Å². The molecule has 0 aliphatic rings. The van der Waals surface area contributed by atoms with E-state index in [4.69, 9.17) is 5.11 Å². The molecule has 0 aliphatic heterocycles. The molecule has 2 N–H and O–H groups in total. The van der Waals surface area contributed by atoms with Crippen LogP contribution >= 0.6 is 11.3 Å². The van der Waals surface area contributed by atoms with Gasteiger partial charge in [0, 0.05) is 11.1 Å². The SMILES string of the molecule is OCc1cccc(NCc2nc(C(F)(F)F)cs2)c1. The van der Waals surface area contributed by atoms with Crippen LogP contribution in [0.4, 0.5) is 18.9 Å². The number of alkyl halides is 3. The highest BCUT2D eigenvalue weighted by molar-refractivity contribution is 7.09. The number of rotatable bonds is 4. The molecule has 0 spiro atoms. The van der Waals surface area contributed by atoms with E-state index < -0.39 is 11.9 Å². The molecule has 0 saturated heterocycles. The average molecular weight is 288 g/mol. The number of anilines is 1. The van der Waals surface area contributed by atoms with Crippen LogP contribution in [0.2, 0.25) is 0 Å². The van der Waals surface area contributed by atoms with Crippen molar-refractivity contribution in [3.05, 3.63) is 45.9 Å². The van der Waals surface area contributed by atoms with Crippen LogP contribution < -0.4 is 5.32 Å². The highest BCUT2D eigenvalue weighted by Crippen LogP contribution is 2.30. The van der Waals surface area contributed by atoms with Gasteiger partial charge in [0.05, 0.1) is 13.2 Å². The Labute approximate surface area is 111 Å². The number of hydrogen-bond donors (Lipinski definition) is 2. The maximum absolute atomic E-state index is 12.4. The van der Waals surface area contributed by atoms with Gasteiger partial charge in [0.15, 0.2) is 5.69 Å². The quantitative estimate of drug-likeness (QED) is 0.907. The summed E-state index contributed by atoms with van der Waals surface area (Å²) < 4.78 is 37.1. The number of aliphatic hydroxyl groups excluding tert-OH is 1. The first kappa shape index (κ1) is 13.8. The predicted octanol–water partition coefficient (Wildman–Crippen LogP) is 3.27. The summed E-state index contributed by atoms with van der Waals surface area (Å²) in [4.78, 5) is 3.52. The fourth-order valence-corrected chi connectivity index (χ4v) is 2.22. The van der Waals surface area contributed by atoms with Gasteiger partial charge >= 0.3 is 6.18 Å². The number of thiazole rings is 1. The molecular weight excluding hydrogens is 277 g/mol. The lowest BCUT2D eigenvalue weighted by Crippen LogP contribution is -2.06. The number of nitrogens with zero attached hydrogens (tertiary/aromatic N) is 1. The Morgan fingerprint density at radius 3 is 2.74 bits per heavy atom. The molecule has 0 unspecified atom stereocenters. The highest BCUT2D eigenvalue weighted by Gasteiger charge is 2.33. The molecule has 0 radical (unpaired) electrons. The van der Waals surface area contributed by atoms with Crippen LogP contribution in [-0.4, -0.2) is 10.1 Å². The predicted molar refractivity (Wildman–Crippen MR) is 66.8 cm³/mol. The number of benzene rings is 1. The number of aliphatic hydroxyl groups is 1. The van der Waals surface area contributed by atoms with E-state index in [1.807, 2.05) is 0 Å². The maximum atomic E-state index is 12.4. The Morgan fingerprint density at radius 1 is 1.32 bits per heavy atom. The van der Waals surface area contributed by atoms with Crippen molar-refractivity contribution >= 4 is 17.0 Å². The number of halogens is 3. The second kappa shape index (κ2) is 5.58. The van der Waals surface area contributed by atoms with Crippen molar-refractivity contribution in [1.82, 2.24) is 4.98 Å². The van der Waals surface area contributed by atoms with Gasteiger partial charge in [-0.3, -0.25) is 0 Å². The Balaban J connectivity index is 2.00. The van der Waals surface area contributed by atoms with Crippen molar-refractivity contribution in [3.63, 3.8) is 0 Å². The molecule has 1 aromatic heterocycles. The van der Waals surface area contributed by atoms with E-state index in [2.05, 4.69) is 10.3 Å². The van der Waals surface area contributed by atoms with Gasteiger partial charge in [-0.25, -0.2) is 4.98 Å². The van der Waals surface area contributed by atoms with Crippen molar-refractivity contribution in [2.24, 2.45) is 0 Å². The van der Waals surface area contributed by atoms with Crippen LogP contribution in [0, 0.1) is 0 Å². The first-order valence-corrected chi connectivity index (χ1v) is 6.32. The zero-order chi connectivity index (χ0) is 13.9. The first-order valence-electron chi connectivity index (χ1n) is 5.44. The second-order valence-electron chi connectivity index (χ2n) is 3.84. The van der Waals surface area contributed by atoms with Gasteiger partial charge in [-0.2, -0.15) is 13.2 Å². The summed E-state index contributed by atoms with van der Waals surface area (Å²) in [5.41, 5.74) is 0.605. The van der Waals surface area contributed by atoms with E-state index in [-0.39, 0.29) is 13.2 Å². The molecule has 2 rings (SSSR count). The van der Waals surface area contributed by atoms with Crippen molar-refractivity contribution in [3.8, 4) is 0 Å². The lowest BCUT2D eigenvalue weighted by atomic mass is 10.2. The lowest BCUT2D eigenvalue weighted by Gasteiger charge is -2.05. The van der Waals surface area contributed by atoms with Crippen LogP contribution in [0.3, 0.4) is 0 Å². The zero-order valence-corrected chi connectivity index (χ0v) is 10.6. The molecule has 7 heteroatoms. The molecule has 19 heavy (non-hydrogen) atoms. The van der Waals surface area contributed by atoms with Gasteiger partial charge < -0.3 is 10.4 Å². The van der Waals surface area contributed by atoms with E-state index in [1.165, 1.54) is 0 Å². The molecule has 3 nitrogen and oxygen atoms in total. The molecule has 0 atom stereocenters. The molecule has 1 heterocycles. The normalized spacial score (nSPS) is 11.6. The molecule has 0 bridgehead atoms. The largest absolute Gasteiger partial charge is 0.434 e. The Bertz CT molecular complexity index is 554. The van der Waals surface area contributed by atoms with Crippen molar-refractivity contribution in [2.45, 2.75) is 19.3 Å². The summed E-state index contributed by atoms with van der Waals surface area (Å²) in [5, 5.41) is 13.3. The van der Waals surface area contributed by atoms with E-state index in [1.54, 1.807) is 24.3 Å². The van der Waals surface area contributed by atoms with Gasteiger partial charge in [-0.1, -0.05) is 12.1 Å². The highest BCUT2D eigenvalue weighted by atomic mass is 32.1. The number of aromatic nitrogens is 1. The Hall–Kier alpha value is -1.60. The summed E-state index contributed by atoms with van der Waals surface area (Å²) in [6.07, 6.45) is -4.40. The molecule has 0 fully saturated rings. The molecule has 0 amide bonds. The summed E-state index contributed by atoms with van der Waals surface area (Å²) in [6, 6.07) is 7.03. The summed E-state index contributed by atoms with van der Waals surface area (Å²) >= 11 is 0.963. The summed E-state index contributed by atoms with van der Waals surface area (Å²) in [7, 11) is 0. The van der Waals surface area contributed by atoms with Gasteiger partial charge in [0.1, 0.15) is 5.01 Å². The van der Waals surface area contributed by atoms with E-state index in [0.29, 0.717) is 5.01 Å². The summed E-state index contributed by atoms with van der Waals surface area (Å²) in [5.74, 6) is 0. The second-order valence-corrected chi connectivity index (χ2v) is 4.78. The van der Waals surface area contributed by atoms with Gasteiger partial charge in [0.25, 0.3) is 0 Å². The molecular formula is C12H11F3N2OS. The minimum atomic E-state index is -4.40. The lowest BCUT2D eigenvalue weighted by molar-refractivity contribution is -0.140. The fraction of sp³-hybridized carbons (Fsp3) is 0.250. The Kier molecular flexibility index (Phi) is 4.06. The molecule has 2 aromatic rings. The number of hydrogen-bond acceptors (Lipinski definition) is 4. The molecule has 0 aliphatic carbocycles. The summed E-state index contributed by atoms with van der Waals surface area (Å²) in [6.45, 7) is 0.140. The maximum Gasteiger partial charge on any atom is 0.434 e. The minimum Gasteiger partial charge on any atom is -0.392 e. The van der Waals surface area contributed by atoms with Crippen molar-refractivity contribution in [2.75, 3.05) is 5.32 Å². The van der Waals surface area contributed by atoms with Crippen molar-refractivity contribution < 1.29 is 18.3 Å². The topological polar surface area (TPSA) is 45.1 Å². The van der Waals surface area contributed by atoms with Gasteiger partial charge in [0.2, 0.25) is 0 Å². The zero-order valence-electron chi connectivity index (χ0n) is 9.74. The minimum absolute atomic E-state index is 0.0784. The van der Waals surface area contributed by atoms with E-state index in [0.717, 1.165) is 28.0 Å². The standard InChI is InChI=1S/C12H11F3N2OS/c13-12(14,15)10-7-19-11(17-10)5-16-9-3-1-2-8(4-9)6-18/h1-4,7,16,18H,5-6H2. The van der Waals surface area contributed by atoms with Crippen LogP contribution in [0.15, 0.2) is 29.6 Å². The van der Waals surface area contributed by atoms with Gasteiger partial charge in [-0.15, -0.1) is 11.3 Å². The third-order valence-corrected chi connectivity index (χ3v) is 3.24.